The van der Waals surface area contributed by atoms with Gasteiger partial charge < -0.3 is 9.30 Å². The van der Waals surface area contributed by atoms with Gasteiger partial charge in [-0.2, -0.15) is 0 Å². The van der Waals surface area contributed by atoms with Crippen molar-refractivity contribution in [3.05, 3.63) is 66.5 Å². The van der Waals surface area contributed by atoms with Crippen LogP contribution in [-0.2, 0) is 11.3 Å². The van der Waals surface area contributed by atoms with Crippen LogP contribution in [0.5, 0.6) is 0 Å². The second kappa shape index (κ2) is 6.71. The molecular weight excluding hydrogens is 300 g/mol. The zero-order valence-corrected chi connectivity index (χ0v) is 14.0. The van der Waals surface area contributed by atoms with Crippen LogP contribution in [0.1, 0.15) is 23.0 Å². The molecule has 4 heteroatoms. The van der Waals surface area contributed by atoms with Crippen LogP contribution in [0.4, 0.5) is 0 Å². The molecule has 0 fully saturated rings. The Balaban J connectivity index is 2.36. The summed E-state index contributed by atoms with van der Waals surface area (Å²) in [6.07, 6.45) is 3.52. The first kappa shape index (κ1) is 16.0. The lowest BCUT2D eigenvalue weighted by Gasteiger charge is -2.09. The lowest BCUT2D eigenvalue weighted by molar-refractivity contribution is 0.0516. The van der Waals surface area contributed by atoms with Crippen LogP contribution in [0.3, 0.4) is 0 Å². The smallest absolute Gasteiger partial charge is 0.355 e. The Bertz CT molecular complexity index is 892. The molecule has 122 valence electrons. The molecular formula is C20H20N2O2. The number of rotatable bonds is 5. The molecule has 3 rings (SSSR count). The number of aryl methyl sites for hydroxylation is 1. The molecule has 0 atom stereocenters. The van der Waals surface area contributed by atoms with Crippen molar-refractivity contribution in [3.63, 3.8) is 0 Å². The normalized spacial score (nSPS) is 10.8. The van der Waals surface area contributed by atoms with Gasteiger partial charge in [-0.15, -0.1) is 6.58 Å². The van der Waals surface area contributed by atoms with Crippen LogP contribution in [0.25, 0.3) is 22.2 Å². The van der Waals surface area contributed by atoms with Crippen molar-refractivity contribution in [2.24, 2.45) is 0 Å². The van der Waals surface area contributed by atoms with E-state index in [9.17, 15) is 4.79 Å². The molecule has 0 radical (unpaired) electrons. The van der Waals surface area contributed by atoms with Gasteiger partial charge in [-0.1, -0.05) is 35.9 Å². The fourth-order valence-corrected chi connectivity index (χ4v) is 2.90. The molecule has 0 N–H and O–H groups in total. The number of allylic oxidation sites excluding steroid dienone is 1. The summed E-state index contributed by atoms with van der Waals surface area (Å²) in [7, 11) is 0. The Kier molecular flexibility index (Phi) is 4.47. The van der Waals surface area contributed by atoms with Gasteiger partial charge >= 0.3 is 5.97 Å². The first-order chi connectivity index (χ1) is 11.7. The van der Waals surface area contributed by atoms with E-state index in [1.165, 1.54) is 5.56 Å². The maximum absolute atomic E-state index is 12.7. The number of esters is 1. The van der Waals surface area contributed by atoms with Crippen molar-refractivity contribution in [1.82, 2.24) is 9.55 Å². The van der Waals surface area contributed by atoms with E-state index >= 15 is 0 Å². The fourth-order valence-electron chi connectivity index (χ4n) is 2.90. The Hall–Kier alpha value is -2.88. The third kappa shape index (κ3) is 2.71. The standard InChI is InChI=1S/C20H20N2O2/c1-4-13-22-16-7-6-12-21-18(16)17(19(22)20(23)24-5-2)15-10-8-14(3)9-11-15/h4,6-12H,1,5,13H2,2-3H3. The summed E-state index contributed by atoms with van der Waals surface area (Å²) in [5.74, 6) is -0.340. The average molecular weight is 320 g/mol. The first-order valence-corrected chi connectivity index (χ1v) is 7.99. The number of benzene rings is 1. The second-order valence-electron chi connectivity index (χ2n) is 5.58. The second-order valence-corrected chi connectivity index (χ2v) is 5.58. The topological polar surface area (TPSA) is 44.1 Å². The molecule has 1 aromatic carbocycles. The molecule has 2 aromatic heterocycles. The molecule has 0 saturated carbocycles. The van der Waals surface area contributed by atoms with Gasteiger partial charge in [0.1, 0.15) is 5.69 Å². The van der Waals surface area contributed by atoms with Crippen molar-refractivity contribution in [3.8, 4) is 11.1 Å². The van der Waals surface area contributed by atoms with E-state index in [4.69, 9.17) is 4.74 Å². The van der Waals surface area contributed by atoms with Crippen LogP contribution in [0, 0.1) is 6.92 Å². The van der Waals surface area contributed by atoms with E-state index < -0.39 is 0 Å². The summed E-state index contributed by atoms with van der Waals surface area (Å²) in [6, 6.07) is 11.9. The molecule has 24 heavy (non-hydrogen) atoms. The van der Waals surface area contributed by atoms with Gasteiger partial charge in [0.2, 0.25) is 0 Å². The van der Waals surface area contributed by atoms with Gasteiger partial charge in [-0.05, 0) is 31.5 Å². The first-order valence-electron chi connectivity index (χ1n) is 7.99. The summed E-state index contributed by atoms with van der Waals surface area (Å²) >= 11 is 0. The zero-order valence-electron chi connectivity index (χ0n) is 14.0. The monoisotopic (exact) mass is 320 g/mol. The van der Waals surface area contributed by atoms with E-state index in [0.717, 1.165) is 22.2 Å². The quantitative estimate of drug-likeness (QED) is 0.518. The number of ether oxygens (including phenoxy) is 1. The highest BCUT2D eigenvalue weighted by Gasteiger charge is 2.25. The summed E-state index contributed by atoms with van der Waals surface area (Å²) < 4.78 is 7.23. The van der Waals surface area contributed by atoms with E-state index in [0.29, 0.717) is 18.8 Å². The van der Waals surface area contributed by atoms with Crippen molar-refractivity contribution in [1.29, 1.82) is 0 Å². The molecule has 0 spiro atoms. The molecule has 0 aliphatic rings. The summed E-state index contributed by atoms with van der Waals surface area (Å²) in [6.45, 7) is 8.50. The third-order valence-corrected chi connectivity index (χ3v) is 3.94. The highest BCUT2D eigenvalue weighted by atomic mass is 16.5. The highest BCUT2D eigenvalue weighted by Crippen LogP contribution is 2.34. The number of aromatic nitrogens is 2. The van der Waals surface area contributed by atoms with Gasteiger partial charge in [0, 0.05) is 18.3 Å². The molecule has 0 unspecified atom stereocenters. The number of hydrogen-bond acceptors (Lipinski definition) is 3. The van der Waals surface area contributed by atoms with Crippen molar-refractivity contribution in [2.45, 2.75) is 20.4 Å². The van der Waals surface area contributed by atoms with E-state index in [1.54, 1.807) is 12.3 Å². The maximum atomic E-state index is 12.7. The molecule has 0 saturated heterocycles. The molecule has 0 bridgehead atoms. The van der Waals surface area contributed by atoms with Crippen LogP contribution < -0.4 is 0 Å². The van der Waals surface area contributed by atoms with Gasteiger partial charge in [0.25, 0.3) is 0 Å². The molecule has 4 nitrogen and oxygen atoms in total. The largest absolute Gasteiger partial charge is 0.461 e. The summed E-state index contributed by atoms with van der Waals surface area (Å²) in [4.78, 5) is 17.2. The Morgan fingerprint density at radius 1 is 1.29 bits per heavy atom. The van der Waals surface area contributed by atoms with Crippen LogP contribution in [-0.4, -0.2) is 22.1 Å². The molecule has 3 aromatic rings. The fraction of sp³-hybridized carbons (Fsp3) is 0.200. The number of carbonyl (C=O) groups excluding carboxylic acids is 1. The molecule has 0 aliphatic heterocycles. The number of pyridine rings is 1. The number of carbonyl (C=O) groups is 1. The lowest BCUT2D eigenvalue weighted by atomic mass is 10.0. The third-order valence-electron chi connectivity index (χ3n) is 3.94. The van der Waals surface area contributed by atoms with Gasteiger partial charge in [-0.3, -0.25) is 4.98 Å². The minimum Gasteiger partial charge on any atom is -0.461 e. The predicted molar refractivity (Wildman–Crippen MR) is 96.1 cm³/mol. The van der Waals surface area contributed by atoms with Crippen LogP contribution in [0.15, 0.2) is 55.3 Å². The molecule has 2 heterocycles. The summed E-state index contributed by atoms with van der Waals surface area (Å²) in [5.41, 5.74) is 5.15. The number of nitrogens with zero attached hydrogens (tertiary/aromatic N) is 2. The SMILES string of the molecule is C=CCn1c(C(=O)OCC)c(-c2ccc(C)cc2)c2ncccc21. The Morgan fingerprint density at radius 3 is 2.71 bits per heavy atom. The lowest BCUT2D eigenvalue weighted by Crippen LogP contribution is -2.13. The number of fused-ring (bicyclic) bond motifs is 1. The maximum Gasteiger partial charge on any atom is 0.355 e. The van der Waals surface area contributed by atoms with Crippen molar-refractivity contribution < 1.29 is 9.53 Å². The Morgan fingerprint density at radius 2 is 2.04 bits per heavy atom. The predicted octanol–water partition coefficient (Wildman–Crippen LogP) is 4.37. The summed E-state index contributed by atoms with van der Waals surface area (Å²) in [5, 5.41) is 0. The van der Waals surface area contributed by atoms with Crippen LogP contribution >= 0.6 is 0 Å². The molecule has 0 amide bonds. The van der Waals surface area contributed by atoms with Gasteiger partial charge in [0.15, 0.2) is 0 Å². The number of hydrogen-bond donors (Lipinski definition) is 0. The van der Waals surface area contributed by atoms with Crippen molar-refractivity contribution >= 4 is 17.0 Å². The minimum absolute atomic E-state index is 0.329. The molecule has 0 aliphatic carbocycles. The highest BCUT2D eigenvalue weighted by molar-refractivity contribution is 6.07. The van der Waals surface area contributed by atoms with Gasteiger partial charge in [-0.25, -0.2) is 4.79 Å². The van der Waals surface area contributed by atoms with Crippen molar-refractivity contribution in [2.75, 3.05) is 6.61 Å². The average Bonchev–Trinajstić information content (AvgIpc) is 2.91. The minimum atomic E-state index is -0.340. The van der Waals surface area contributed by atoms with Gasteiger partial charge in [0.05, 0.1) is 17.6 Å². The van der Waals surface area contributed by atoms with E-state index in [-0.39, 0.29) is 5.97 Å². The zero-order chi connectivity index (χ0) is 17.1. The Labute approximate surface area is 141 Å². The van der Waals surface area contributed by atoms with E-state index in [1.807, 2.05) is 54.8 Å². The van der Waals surface area contributed by atoms with Crippen LogP contribution in [0.2, 0.25) is 0 Å². The van der Waals surface area contributed by atoms with E-state index in [2.05, 4.69) is 11.6 Å².